The molecule has 20 heavy (non-hydrogen) atoms. The maximum absolute atomic E-state index is 12.2. The van der Waals surface area contributed by atoms with Crippen LogP contribution in [0.4, 0.5) is 0 Å². The second-order valence-electron chi connectivity index (χ2n) is 5.32. The van der Waals surface area contributed by atoms with E-state index in [1.165, 1.54) is 26.0 Å². The molecular weight excluding hydrogens is 276 g/mol. The Kier molecular flexibility index (Phi) is 3.82. The smallest absolute Gasteiger partial charge is 0.325 e. The van der Waals surface area contributed by atoms with Crippen LogP contribution in [-0.4, -0.2) is 31.4 Å². The first-order chi connectivity index (χ1) is 9.42. The predicted molar refractivity (Wildman–Crippen MR) is 76.3 cm³/mol. The number of carbonyl (C=O) groups excluding carboxylic acids is 2. The minimum absolute atomic E-state index is 0.197. The molecule has 2 rings (SSSR count). The van der Waals surface area contributed by atoms with Crippen LogP contribution < -0.4 is 0 Å². The number of methoxy groups -OCH3 is 2. The molecule has 1 aliphatic carbocycles. The quantitative estimate of drug-likeness (QED) is 0.631. The molecule has 5 heteroatoms. The van der Waals surface area contributed by atoms with E-state index >= 15 is 0 Å². The van der Waals surface area contributed by atoms with Crippen LogP contribution >= 0.6 is 11.8 Å². The molecule has 0 heterocycles. The molecule has 0 radical (unpaired) electrons. The molecule has 1 aliphatic rings. The summed E-state index contributed by atoms with van der Waals surface area (Å²) >= 11 is 1.51. The Labute approximate surface area is 122 Å². The van der Waals surface area contributed by atoms with Crippen molar-refractivity contribution in [3.63, 3.8) is 0 Å². The minimum Gasteiger partial charge on any atom is -0.468 e. The van der Waals surface area contributed by atoms with E-state index in [2.05, 4.69) is 0 Å². The molecule has 1 fully saturated rings. The highest BCUT2D eigenvalue weighted by Gasteiger charge is 2.82. The van der Waals surface area contributed by atoms with Crippen molar-refractivity contribution < 1.29 is 19.1 Å². The Bertz CT molecular complexity index is 508. The zero-order chi connectivity index (χ0) is 15.0. The Morgan fingerprint density at radius 1 is 1.05 bits per heavy atom. The summed E-state index contributed by atoms with van der Waals surface area (Å²) in [6, 6.07) is 9.69. The van der Waals surface area contributed by atoms with Gasteiger partial charge >= 0.3 is 11.9 Å². The normalized spacial score (nSPS) is 21.9. The monoisotopic (exact) mass is 294 g/mol. The standard InChI is InChI=1S/C15H18O4S/c1-14(2)11(20-10-8-6-5-7-9-10)15(14,12(16)18-3)13(17)19-4/h5-9,11H,1-4H3. The van der Waals surface area contributed by atoms with Gasteiger partial charge in [-0.1, -0.05) is 32.0 Å². The Morgan fingerprint density at radius 2 is 1.55 bits per heavy atom. The average molecular weight is 294 g/mol. The summed E-state index contributed by atoms with van der Waals surface area (Å²) in [6.45, 7) is 3.78. The van der Waals surface area contributed by atoms with Crippen LogP contribution in [0.25, 0.3) is 0 Å². The van der Waals surface area contributed by atoms with Crippen molar-refractivity contribution in [2.75, 3.05) is 14.2 Å². The SMILES string of the molecule is COC(=O)C1(C(=O)OC)C(Sc2ccccc2)C1(C)C. The van der Waals surface area contributed by atoms with Gasteiger partial charge in [-0.2, -0.15) is 0 Å². The van der Waals surface area contributed by atoms with Crippen molar-refractivity contribution in [2.45, 2.75) is 24.0 Å². The Hall–Kier alpha value is -1.49. The van der Waals surface area contributed by atoms with Crippen LogP contribution in [0.3, 0.4) is 0 Å². The maximum atomic E-state index is 12.2. The largest absolute Gasteiger partial charge is 0.468 e. The molecule has 1 aromatic carbocycles. The van der Waals surface area contributed by atoms with Crippen molar-refractivity contribution in [3.8, 4) is 0 Å². The van der Waals surface area contributed by atoms with Crippen LogP contribution in [0.15, 0.2) is 35.2 Å². The molecule has 0 aromatic heterocycles. The molecule has 0 bridgehead atoms. The minimum atomic E-state index is -1.23. The molecule has 1 aromatic rings. The molecule has 1 atom stereocenters. The third-order valence-electron chi connectivity index (χ3n) is 3.99. The molecular formula is C15H18O4S. The van der Waals surface area contributed by atoms with Gasteiger partial charge in [0.2, 0.25) is 0 Å². The molecule has 1 unspecified atom stereocenters. The van der Waals surface area contributed by atoms with Crippen LogP contribution in [0.5, 0.6) is 0 Å². The van der Waals surface area contributed by atoms with Crippen molar-refractivity contribution in [2.24, 2.45) is 10.8 Å². The van der Waals surface area contributed by atoms with Crippen molar-refractivity contribution >= 4 is 23.7 Å². The highest BCUT2D eigenvalue weighted by Crippen LogP contribution is 2.71. The van der Waals surface area contributed by atoms with E-state index in [4.69, 9.17) is 9.47 Å². The second-order valence-corrected chi connectivity index (χ2v) is 6.50. The fraction of sp³-hybridized carbons (Fsp3) is 0.467. The lowest BCUT2D eigenvalue weighted by atomic mass is 9.96. The van der Waals surface area contributed by atoms with Crippen molar-refractivity contribution in [1.82, 2.24) is 0 Å². The number of esters is 2. The van der Waals surface area contributed by atoms with E-state index in [-0.39, 0.29) is 5.25 Å². The van der Waals surface area contributed by atoms with Crippen molar-refractivity contribution in [3.05, 3.63) is 30.3 Å². The molecule has 0 aliphatic heterocycles. The number of benzene rings is 1. The van der Waals surface area contributed by atoms with Crippen LogP contribution in [0, 0.1) is 10.8 Å². The molecule has 4 nitrogen and oxygen atoms in total. The fourth-order valence-corrected chi connectivity index (χ4v) is 4.40. The fourth-order valence-electron chi connectivity index (χ4n) is 2.73. The van der Waals surface area contributed by atoms with Gasteiger partial charge in [0, 0.05) is 15.6 Å². The first kappa shape index (κ1) is 14.9. The molecule has 0 saturated heterocycles. The summed E-state index contributed by atoms with van der Waals surface area (Å²) in [7, 11) is 2.59. The summed E-state index contributed by atoms with van der Waals surface area (Å²) in [5.41, 5.74) is -1.73. The number of hydrogen-bond donors (Lipinski definition) is 0. The van der Waals surface area contributed by atoms with E-state index in [1.54, 1.807) is 0 Å². The van der Waals surface area contributed by atoms with Gasteiger partial charge in [0.05, 0.1) is 14.2 Å². The average Bonchev–Trinajstić information content (AvgIpc) is 2.95. The zero-order valence-corrected chi connectivity index (χ0v) is 12.8. The first-order valence-corrected chi connectivity index (χ1v) is 7.19. The summed E-state index contributed by atoms with van der Waals surface area (Å²) in [6.07, 6.45) is 0. The van der Waals surface area contributed by atoms with Crippen molar-refractivity contribution in [1.29, 1.82) is 0 Å². The van der Waals surface area contributed by atoms with E-state index in [0.29, 0.717) is 0 Å². The van der Waals surface area contributed by atoms with Gasteiger partial charge in [0.25, 0.3) is 0 Å². The molecule has 1 saturated carbocycles. The number of ether oxygens (including phenoxy) is 2. The lowest BCUT2D eigenvalue weighted by Gasteiger charge is -2.14. The molecule has 108 valence electrons. The third kappa shape index (κ3) is 1.92. The van der Waals surface area contributed by atoms with E-state index in [0.717, 1.165) is 4.90 Å². The van der Waals surface area contributed by atoms with Gasteiger partial charge in [0.1, 0.15) is 0 Å². The van der Waals surface area contributed by atoms with Crippen LogP contribution in [0.2, 0.25) is 0 Å². The van der Waals surface area contributed by atoms with Gasteiger partial charge in [0.15, 0.2) is 5.41 Å². The molecule has 0 amide bonds. The van der Waals surface area contributed by atoms with Gasteiger partial charge < -0.3 is 9.47 Å². The highest BCUT2D eigenvalue weighted by atomic mass is 32.2. The number of hydrogen-bond acceptors (Lipinski definition) is 5. The van der Waals surface area contributed by atoms with E-state index < -0.39 is 22.8 Å². The summed E-state index contributed by atoms with van der Waals surface area (Å²) < 4.78 is 9.70. The summed E-state index contributed by atoms with van der Waals surface area (Å²) in [5.74, 6) is -1.05. The number of rotatable bonds is 4. The van der Waals surface area contributed by atoms with Gasteiger partial charge in [-0.15, -0.1) is 11.8 Å². The molecule has 0 spiro atoms. The van der Waals surface area contributed by atoms with E-state index in [1.807, 2.05) is 44.2 Å². The summed E-state index contributed by atoms with van der Waals surface area (Å²) in [4.78, 5) is 25.4. The predicted octanol–water partition coefficient (Wildman–Crippen LogP) is 2.52. The lowest BCUT2D eigenvalue weighted by molar-refractivity contribution is -0.163. The highest BCUT2D eigenvalue weighted by molar-refractivity contribution is 8.00. The van der Waals surface area contributed by atoms with E-state index in [9.17, 15) is 9.59 Å². The van der Waals surface area contributed by atoms with Crippen LogP contribution in [-0.2, 0) is 19.1 Å². The Balaban J connectivity index is 2.34. The second kappa shape index (κ2) is 5.13. The summed E-state index contributed by atoms with van der Waals surface area (Å²) in [5, 5.41) is -0.197. The van der Waals surface area contributed by atoms with Gasteiger partial charge in [-0.3, -0.25) is 9.59 Å². The number of thioether (sulfide) groups is 1. The lowest BCUT2D eigenvalue weighted by Crippen LogP contribution is -2.34. The van der Waals surface area contributed by atoms with Gasteiger partial charge in [-0.05, 0) is 12.1 Å². The maximum Gasteiger partial charge on any atom is 0.325 e. The zero-order valence-electron chi connectivity index (χ0n) is 12.0. The topological polar surface area (TPSA) is 52.6 Å². The Morgan fingerprint density at radius 3 is 2.00 bits per heavy atom. The van der Waals surface area contributed by atoms with Gasteiger partial charge in [-0.25, -0.2) is 0 Å². The van der Waals surface area contributed by atoms with Crippen LogP contribution in [0.1, 0.15) is 13.8 Å². The molecule has 0 N–H and O–H groups in total. The first-order valence-electron chi connectivity index (χ1n) is 6.31. The number of carbonyl (C=O) groups is 2. The third-order valence-corrected chi connectivity index (χ3v) is 5.72.